The number of ether oxygens (including phenoxy) is 1. The molecule has 4 heteroatoms. The van der Waals surface area contributed by atoms with Gasteiger partial charge in [0, 0.05) is 25.7 Å². The zero-order chi connectivity index (χ0) is 15.7. The molecule has 0 heterocycles. The van der Waals surface area contributed by atoms with Crippen LogP contribution < -0.4 is 5.32 Å². The van der Waals surface area contributed by atoms with E-state index in [-0.39, 0.29) is 5.54 Å². The van der Waals surface area contributed by atoms with E-state index in [0.29, 0.717) is 12.1 Å². The quantitative estimate of drug-likeness (QED) is 0.710. The Morgan fingerprint density at radius 2 is 2.24 bits per heavy atom. The summed E-state index contributed by atoms with van der Waals surface area (Å²) in [5.74, 6) is 0. The van der Waals surface area contributed by atoms with Crippen molar-refractivity contribution in [2.75, 3.05) is 26.8 Å². The summed E-state index contributed by atoms with van der Waals surface area (Å²) in [6.07, 6.45) is 6.48. The highest BCUT2D eigenvalue weighted by molar-refractivity contribution is 5.11. The number of methoxy groups -OCH3 is 1. The highest BCUT2D eigenvalue weighted by Gasteiger charge is 2.38. The van der Waals surface area contributed by atoms with E-state index in [1.807, 2.05) is 0 Å². The molecule has 0 spiro atoms. The topological polar surface area (TPSA) is 48.3 Å². The maximum absolute atomic E-state index is 9.68. The second kappa shape index (κ2) is 9.40. The Kier molecular flexibility index (Phi) is 8.24. The summed E-state index contributed by atoms with van der Waals surface area (Å²) in [7, 11) is 1.76. The van der Waals surface area contributed by atoms with Gasteiger partial charge < -0.3 is 4.74 Å². The van der Waals surface area contributed by atoms with E-state index >= 15 is 0 Å². The molecule has 0 radical (unpaired) electrons. The fraction of sp³-hybridized carbons (Fsp3) is 0.941. The Morgan fingerprint density at radius 1 is 1.48 bits per heavy atom. The van der Waals surface area contributed by atoms with Crippen molar-refractivity contribution in [3.63, 3.8) is 0 Å². The fourth-order valence-corrected chi connectivity index (χ4v) is 3.39. The minimum atomic E-state index is -0.322. The third-order valence-electron chi connectivity index (χ3n) is 4.83. The third kappa shape index (κ3) is 5.25. The molecule has 1 rings (SSSR count). The van der Waals surface area contributed by atoms with E-state index in [4.69, 9.17) is 4.74 Å². The molecule has 4 nitrogen and oxygen atoms in total. The lowest BCUT2D eigenvalue weighted by Gasteiger charge is -2.44. The molecule has 0 amide bonds. The van der Waals surface area contributed by atoms with Crippen molar-refractivity contribution in [2.24, 2.45) is 0 Å². The largest absolute Gasteiger partial charge is 0.383 e. The predicted octanol–water partition coefficient (Wildman–Crippen LogP) is 2.94. The fourth-order valence-electron chi connectivity index (χ4n) is 3.39. The Balaban J connectivity index is 2.76. The summed E-state index contributed by atoms with van der Waals surface area (Å²) in [6, 6.07) is 3.62. The number of rotatable bonds is 9. The van der Waals surface area contributed by atoms with Crippen molar-refractivity contribution in [2.45, 2.75) is 76.9 Å². The Bertz CT molecular complexity index is 328. The summed E-state index contributed by atoms with van der Waals surface area (Å²) >= 11 is 0. The molecule has 3 atom stereocenters. The lowest BCUT2D eigenvalue weighted by Crippen LogP contribution is -2.55. The first kappa shape index (κ1) is 18.4. The summed E-state index contributed by atoms with van der Waals surface area (Å²) in [5, 5.41) is 13.2. The van der Waals surface area contributed by atoms with Crippen LogP contribution in [0.2, 0.25) is 0 Å². The molecule has 0 bridgehead atoms. The van der Waals surface area contributed by atoms with E-state index in [1.165, 1.54) is 6.42 Å². The Hall–Kier alpha value is -0.630. The second-order valence-corrected chi connectivity index (χ2v) is 6.36. The highest BCUT2D eigenvalue weighted by Crippen LogP contribution is 2.32. The number of nitrogens with one attached hydrogen (secondary N) is 1. The maximum atomic E-state index is 9.68. The molecule has 21 heavy (non-hydrogen) atoms. The van der Waals surface area contributed by atoms with Crippen molar-refractivity contribution >= 4 is 0 Å². The molecule has 122 valence electrons. The SMILES string of the molecule is CCCNC1(C#N)CCCC(N(CCOC)C(C)CC)C1. The van der Waals surface area contributed by atoms with Crippen LogP contribution in [0, 0.1) is 11.3 Å². The van der Waals surface area contributed by atoms with Crippen molar-refractivity contribution in [1.29, 1.82) is 5.26 Å². The van der Waals surface area contributed by atoms with Crippen LogP contribution in [-0.4, -0.2) is 49.3 Å². The molecule has 1 N–H and O–H groups in total. The van der Waals surface area contributed by atoms with Gasteiger partial charge in [-0.2, -0.15) is 5.26 Å². The van der Waals surface area contributed by atoms with Gasteiger partial charge in [-0.3, -0.25) is 10.2 Å². The number of hydrogen-bond donors (Lipinski definition) is 1. The van der Waals surface area contributed by atoms with Gasteiger partial charge in [-0.1, -0.05) is 13.8 Å². The van der Waals surface area contributed by atoms with Crippen LogP contribution in [-0.2, 0) is 4.74 Å². The lowest BCUT2D eigenvalue weighted by atomic mass is 9.78. The average molecular weight is 295 g/mol. The molecule has 3 unspecified atom stereocenters. The van der Waals surface area contributed by atoms with Crippen LogP contribution in [0.15, 0.2) is 0 Å². The van der Waals surface area contributed by atoms with Gasteiger partial charge in [-0.25, -0.2) is 0 Å². The molecular formula is C17H33N3O. The summed E-state index contributed by atoms with van der Waals surface area (Å²) < 4.78 is 5.28. The van der Waals surface area contributed by atoms with Gasteiger partial charge in [0.25, 0.3) is 0 Å². The van der Waals surface area contributed by atoms with Crippen LogP contribution in [0.25, 0.3) is 0 Å². The summed E-state index contributed by atoms with van der Waals surface area (Å²) in [6.45, 7) is 9.34. The van der Waals surface area contributed by atoms with Crippen LogP contribution in [0.4, 0.5) is 0 Å². The number of hydrogen-bond acceptors (Lipinski definition) is 4. The first-order valence-corrected chi connectivity index (χ1v) is 8.53. The van der Waals surface area contributed by atoms with Crippen molar-refractivity contribution in [3.8, 4) is 6.07 Å². The summed E-state index contributed by atoms with van der Waals surface area (Å²) in [5.41, 5.74) is -0.322. The van der Waals surface area contributed by atoms with Gasteiger partial charge in [-0.05, 0) is 52.0 Å². The van der Waals surface area contributed by atoms with Gasteiger partial charge in [0.05, 0.1) is 12.7 Å². The second-order valence-electron chi connectivity index (χ2n) is 6.36. The number of nitriles is 1. The first-order valence-electron chi connectivity index (χ1n) is 8.53. The first-order chi connectivity index (χ1) is 10.1. The monoisotopic (exact) mass is 295 g/mol. The van der Waals surface area contributed by atoms with Gasteiger partial charge >= 0.3 is 0 Å². The van der Waals surface area contributed by atoms with E-state index in [0.717, 1.165) is 51.8 Å². The van der Waals surface area contributed by atoms with Gasteiger partial charge in [0.15, 0.2) is 0 Å². The van der Waals surface area contributed by atoms with Crippen molar-refractivity contribution in [1.82, 2.24) is 10.2 Å². The van der Waals surface area contributed by atoms with Crippen molar-refractivity contribution < 1.29 is 4.74 Å². The zero-order valence-corrected chi connectivity index (χ0v) is 14.3. The number of nitrogens with zero attached hydrogens (tertiary/aromatic N) is 2. The average Bonchev–Trinajstić information content (AvgIpc) is 2.53. The smallest absolute Gasteiger partial charge is 0.108 e. The van der Waals surface area contributed by atoms with Crippen LogP contribution >= 0.6 is 0 Å². The lowest BCUT2D eigenvalue weighted by molar-refractivity contribution is 0.0553. The van der Waals surface area contributed by atoms with Crippen LogP contribution in [0.5, 0.6) is 0 Å². The van der Waals surface area contributed by atoms with E-state index < -0.39 is 0 Å². The van der Waals surface area contributed by atoms with Crippen LogP contribution in [0.1, 0.15) is 59.3 Å². The Morgan fingerprint density at radius 3 is 2.81 bits per heavy atom. The maximum Gasteiger partial charge on any atom is 0.108 e. The van der Waals surface area contributed by atoms with E-state index in [9.17, 15) is 5.26 Å². The van der Waals surface area contributed by atoms with Gasteiger partial charge in [0.2, 0.25) is 0 Å². The minimum absolute atomic E-state index is 0.322. The molecule has 1 saturated carbocycles. The molecule has 0 aliphatic heterocycles. The van der Waals surface area contributed by atoms with Gasteiger partial charge in [0.1, 0.15) is 5.54 Å². The zero-order valence-electron chi connectivity index (χ0n) is 14.3. The molecular weight excluding hydrogens is 262 g/mol. The molecule has 0 aromatic rings. The van der Waals surface area contributed by atoms with Crippen molar-refractivity contribution in [3.05, 3.63) is 0 Å². The third-order valence-corrected chi connectivity index (χ3v) is 4.83. The van der Waals surface area contributed by atoms with E-state index in [1.54, 1.807) is 7.11 Å². The molecule has 1 fully saturated rings. The molecule has 0 aromatic carbocycles. The van der Waals surface area contributed by atoms with Crippen LogP contribution in [0.3, 0.4) is 0 Å². The molecule has 0 saturated heterocycles. The minimum Gasteiger partial charge on any atom is -0.383 e. The highest BCUT2D eigenvalue weighted by atomic mass is 16.5. The van der Waals surface area contributed by atoms with Gasteiger partial charge in [-0.15, -0.1) is 0 Å². The summed E-state index contributed by atoms with van der Waals surface area (Å²) in [4.78, 5) is 2.56. The van der Waals surface area contributed by atoms with E-state index in [2.05, 4.69) is 37.1 Å². The normalized spacial score (nSPS) is 27.5. The molecule has 0 aromatic heterocycles. The standard InChI is InChI=1S/C17H33N3O/c1-5-10-19-17(14-18)9-7-8-16(13-17)20(11-12-21-4)15(3)6-2/h15-16,19H,5-13H2,1-4H3. The Labute approximate surface area is 130 Å². The molecule has 1 aliphatic rings. The predicted molar refractivity (Wildman–Crippen MR) is 87.2 cm³/mol. The molecule has 1 aliphatic carbocycles.